The molecule has 0 heterocycles. The molecule has 208 valence electrons. The maximum absolute atomic E-state index is 13.9. The minimum Gasteiger partial charge on any atom is -0.497 e. The van der Waals surface area contributed by atoms with Crippen LogP contribution in [-0.2, 0) is 26.2 Å². The van der Waals surface area contributed by atoms with E-state index in [-0.39, 0.29) is 17.3 Å². The van der Waals surface area contributed by atoms with E-state index >= 15 is 0 Å². The molecule has 0 aliphatic heterocycles. The molecule has 1 N–H and O–H groups in total. The number of carbonyl (C=O) groups is 2. The van der Waals surface area contributed by atoms with E-state index < -0.39 is 28.5 Å². The molecule has 3 rings (SSSR count). The van der Waals surface area contributed by atoms with Crippen molar-refractivity contribution in [2.75, 3.05) is 25.0 Å². The number of ether oxygens (including phenoxy) is 1. The molecule has 0 aromatic heterocycles. The maximum atomic E-state index is 13.9. The summed E-state index contributed by atoms with van der Waals surface area (Å²) in [6.45, 7) is 3.08. The second-order valence-electron chi connectivity index (χ2n) is 8.82. The highest BCUT2D eigenvalue weighted by Gasteiger charge is 2.33. The van der Waals surface area contributed by atoms with Gasteiger partial charge < -0.3 is 15.0 Å². The minimum absolute atomic E-state index is 0.0117. The van der Waals surface area contributed by atoms with Gasteiger partial charge in [-0.1, -0.05) is 53.9 Å². The van der Waals surface area contributed by atoms with Gasteiger partial charge in [0.05, 0.1) is 17.7 Å². The third-order valence-corrected chi connectivity index (χ3v) is 8.61. The number of hydrogen-bond acceptors (Lipinski definition) is 5. The fourth-order valence-electron chi connectivity index (χ4n) is 4.03. The zero-order valence-corrected chi connectivity index (χ0v) is 24.5. The van der Waals surface area contributed by atoms with Crippen molar-refractivity contribution in [3.8, 4) is 5.75 Å². The zero-order chi connectivity index (χ0) is 28.7. The number of likely N-dealkylation sites (N-methyl/N-ethyl adjacent to an activating group) is 1. The Kier molecular flexibility index (Phi) is 10.2. The Morgan fingerprint density at radius 2 is 1.64 bits per heavy atom. The number of amides is 2. The highest BCUT2D eigenvalue weighted by Crippen LogP contribution is 2.28. The summed E-state index contributed by atoms with van der Waals surface area (Å²) >= 11 is 12.4. The first-order valence-electron chi connectivity index (χ1n) is 12.2. The monoisotopic (exact) mass is 591 g/mol. The largest absolute Gasteiger partial charge is 0.497 e. The summed E-state index contributed by atoms with van der Waals surface area (Å²) in [7, 11) is -1.21. The van der Waals surface area contributed by atoms with Gasteiger partial charge in [0, 0.05) is 23.6 Å². The zero-order valence-electron chi connectivity index (χ0n) is 22.1. The van der Waals surface area contributed by atoms with Crippen LogP contribution >= 0.6 is 23.2 Å². The second kappa shape index (κ2) is 13.2. The van der Waals surface area contributed by atoms with Gasteiger partial charge in [0.2, 0.25) is 11.8 Å². The van der Waals surface area contributed by atoms with Crippen molar-refractivity contribution < 1.29 is 22.7 Å². The summed E-state index contributed by atoms with van der Waals surface area (Å²) in [6, 6.07) is 16.7. The fourth-order valence-corrected chi connectivity index (χ4v) is 5.92. The third-order valence-electron chi connectivity index (χ3n) is 6.24. The summed E-state index contributed by atoms with van der Waals surface area (Å²) in [5.74, 6) is -0.459. The van der Waals surface area contributed by atoms with Crippen molar-refractivity contribution in [3.63, 3.8) is 0 Å². The summed E-state index contributed by atoms with van der Waals surface area (Å²) in [5.41, 5.74) is 1.80. The van der Waals surface area contributed by atoms with Crippen molar-refractivity contribution in [1.29, 1.82) is 0 Å². The number of nitrogens with zero attached hydrogens (tertiary/aromatic N) is 2. The SMILES string of the molecule is CCC(C(=O)NC)N(Cc1ccc(Cl)cc1Cl)C(=O)CN(c1ccc(C)cc1)S(=O)(=O)c1ccc(OC)cc1. The predicted octanol–water partition coefficient (Wildman–Crippen LogP) is 5.06. The number of sulfonamides is 1. The van der Waals surface area contributed by atoms with Gasteiger partial charge in [0.15, 0.2) is 0 Å². The van der Waals surface area contributed by atoms with Gasteiger partial charge in [-0.25, -0.2) is 8.42 Å². The van der Waals surface area contributed by atoms with Crippen molar-refractivity contribution in [2.24, 2.45) is 0 Å². The van der Waals surface area contributed by atoms with Crippen LogP contribution in [0.3, 0.4) is 0 Å². The first kappa shape index (κ1) is 30.3. The summed E-state index contributed by atoms with van der Waals surface area (Å²) in [6.07, 6.45) is 0.298. The first-order chi connectivity index (χ1) is 18.5. The third kappa shape index (κ3) is 7.23. The molecule has 0 bridgehead atoms. The van der Waals surface area contributed by atoms with Crippen LogP contribution in [0, 0.1) is 6.92 Å². The van der Waals surface area contributed by atoms with E-state index in [9.17, 15) is 18.0 Å². The average Bonchev–Trinajstić information content (AvgIpc) is 2.93. The van der Waals surface area contributed by atoms with E-state index in [0.717, 1.165) is 9.87 Å². The van der Waals surface area contributed by atoms with Crippen molar-refractivity contribution in [2.45, 2.75) is 37.8 Å². The molecule has 0 spiro atoms. The van der Waals surface area contributed by atoms with Crippen LogP contribution in [0.4, 0.5) is 5.69 Å². The molecular formula is C28H31Cl2N3O5S. The van der Waals surface area contributed by atoms with Gasteiger partial charge in [-0.05, 0) is 67.4 Å². The molecule has 0 radical (unpaired) electrons. The predicted molar refractivity (Wildman–Crippen MR) is 154 cm³/mol. The highest BCUT2D eigenvalue weighted by atomic mass is 35.5. The lowest BCUT2D eigenvalue weighted by atomic mass is 10.1. The van der Waals surface area contributed by atoms with Crippen LogP contribution < -0.4 is 14.4 Å². The van der Waals surface area contributed by atoms with E-state index in [4.69, 9.17) is 27.9 Å². The summed E-state index contributed by atoms with van der Waals surface area (Å²) in [5, 5.41) is 3.34. The Labute approximate surface area is 239 Å². The molecule has 1 unspecified atom stereocenters. The molecule has 0 fully saturated rings. The van der Waals surface area contributed by atoms with Crippen LogP contribution in [0.1, 0.15) is 24.5 Å². The Morgan fingerprint density at radius 3 is 2.18 bits per heavy atom. The molecule has 0 saturated carbocycles. The van der Waals surface area contributed by atoms with Crippen molar-refractivity contribution >= 4 is 50.7 Å². The summed E-state index contributed by atoms with van der Waals surface area (Å²) in [4.78, 5) is 28.0. The Hall–Kier alpha value is -3.27. The number of rotatable bonds is 11. The van der Waals surface area contributed by atoms with Crippen LogP contribution in [0.2, 0.25) is 10.0 Å². The molecule has 3 aromatic carbocycles. The van der Waals surface area contributed by atoms with E-state index in [0.29, 0.717) is 33.5 Å². The van der Waals surface area contributed by atoms with E-state index in [1.807, 2.05) is 6.92 Å². The first-order valence-corrected chi connectivity index (χ1v) is 14.4. The van der Waals surface area contributed by atoms with Crippen LogP contribution in [0.5, 0.6) is 5.75 Å². The van der Waals surface area contributed by atoms with E-state index in [1.165, 1.54) is 43.3 Å². The topological polar surface area (TPSA) is 96.0 Å². The van der Waals surface area contributed by atoms with Crippen LogP contribution in [-0.4, -0.2) is 51.9 Å². The molecule has 0 saturated heterocycles. The van der Waals surface area contributed by atoms with Crippen molar-refractivity contribution in [1.82, 2.24) is 10.2 Å². The second-order valence-corrected chi connectivity index (χ2v) is 11.5. The van der Waals surface area contributed by atoms with Crippen LogP contribution in [0.15, 0.2) is 71.6 Å². The lowest BCUT2D eigenvalue weighted by Crippen LogP contribution is -2.51. The van der Waals surface area contributed by atoms with Gasteiger partial charge in [-0.3, -0.25) is 13.9 Å². The number of nitrogens with one attached hydrogen (secondary N) is 1. The normalized spacial score (nSPS) is 11.9. The standard InChI is InChI=1S/C28H31Cl2N3O5S/c1-5-26(28(35)31-3)32(17-20-8-9-21(29)16-25(20)30)27(34)18-33(22-10-6-19(2)7-11-22)39(36,37)24-14-12-23(38-4)13-15-24/h6-16,26H,5,17-18H2,1-4H3,(H,31,35). The average molecular weight is 593 g/mol. The fraction of sp³-hybridized carbons (Fsp3) is 0.286. The number of carbonyl (C=O) groups excluding carboxylic acids is 2. The smallest absolute Gasteiger partial charge is 0.264 e. The van der Waals surface area contributed by atoms with Gasteiger partial charge in [-0.15, -0.1) is 0 Å². The number of methoxy groups -OCH3 is 1. The van der Waals surface area contributed by atoms with Crippen LogP contribution in [0.25, 0.3) is 0 Å². The van der Waals surface area contributed by atoms with Gasteiger partial charge >= 0.3 is 0 Å². The molecule has 0 aliphatic carbocycles. The highest BCUT2D eigenvalue weighted by molar-refractivity contribution is 7.92. The molecular weight excluding hydrogens is 561 g/mol. The number of benzene rings is 3. The molecule has 11 heteroatoms. The molecule has 0 aliphatic rings. The number of aryl methyl sites for hydroxylation is 1. The molecule has 39 heavy (non-hydrogen) atoms. The van der Waals surface area contributed by atoms with E-state index in [1.54, 1.807) is 49.4 Å². The Bertz CT molecular complexity index is 1410. The Balaban J connectivity index is 2.07. The van der Waals surface area contributed by atoms with E-state index in [2.05, 4.69) is 5.32 Å². The lowest BCUT2D eigenvalue weighted by Gasteiger charge is -2.33. The van der Waals surface area contributed by atoms with Gasteiger partial charge in [-0.2, -0.15) is 0 Å². The van der Waals surface area contributed by atoms with Crippen molar-refractivity contribution in [3.05, 3.63) is 87.9 Å². The summed E-state index contributed by atoms with van der Waals surface area (Å²) < 4.78 is 33.9. The number of anilines is 1. The molecule has 3 aromatic rings. The molecule has 1 atom stereocenters. The van der Waals surface area contributed by atoms with Gasteiger partial charge in [0.1, 0.15) is 18.3 Å². The number of halogens is 2. The van der Waals surface area contributed by atoms with Gasteiger partial charge in [0.25, 0.3) is 10.0 Å². The maximum Gasteiger partial charge on any atom is 0.264 e. The quantitative estimate of drug-likeness (QED) is 0.336. The lowest BCUT2D eigenvalue weighted by molar-refractivity contribution is -0.140. The Morgan fingerprint density at radius 1 is 1.00 bits per heavy atom. The molecule has 2 amide bonds. The molecule has 8 nitrogen and oxygen atoms in total. The minimum atomic E-state index is -4.18. The number of hydrogen-bond donors (Lipinski definition) is 1.